The van der Waals surface area contributed by atoms with Crippen molar-refractivity contribution in [2.24, 2.45) is 5.92 Å². The third kappa shape index (κ3) is 2.11. The topological polar surface area (TPSA) is 63.7 Å². The average Bonchev–Trinajstić information content (AvgIpc) is 2.62. The molecule has 1 aliphatic carbocycles. The molecule has 3 rings (SSSR count). The Balaban J connectivity index is 1.71. The Kier molecular flexibility index (Phi) is 3.56. The van der Waals surface area contributed by atoms with Crippen LogP contribution in [0.2, 0.25) is 0 Å². The van der Waals surface area contributed by atoms with Gasteiger partial charge in [0.25, 0.3) is 5.91 Å². The molecule has 1 spiro atoms. The summed E-state index contributed by atoms with van der Waals surface area (Å²) in [5, 5.41) is 0. The van der Waals surface area contributed by atoms with Crippen molar-refractivity contribution in [2.45, 2.75) is 43.0 Å². The van der Waals surface area contributed by atoms with Gasteiger partial charge in [-0.05, 0) is 32.6 Å². The Labute approximate surface area is 124 Å². The van der Waals surface area contributed by atoms with Gasteiger partial charge in [0.05, 0.1) is 12.4 Å². The summed E-state index contributed by atoms with van der Waals surface area (Å²) in [7, 11) is -3.23. The molecule has 3 aliphatic rings. The quantitative estimate of drug-likeness (QED) is 0.773. The van der Waals surface area contributed by atoms with Crippen molar-refractivity contribution < 1.29 is 22.3 Å². The second-order valence-corrected chi connectivity index (χ2v) is 8.96. The number of ether oxygens (including phenoxy) is 1. The molecule has 21 heavy (non-hydrogen) atoms. The number of likely N-dealkylation sites (tertiary alicyclic amines) is 1. The van der Waals surface area contributed by atoms with E-state index in [1.54, 1.807) is 0 Å². The minimum absolute atomic E-state index is 0.0801. The second kappa shape index (κ2) is 4.91. The summed E-state index contributed by atoms with van der Waals surface area (Å²) in [6.07, 6.45) is 1.84. The van der Waals surface area contributed by atoms with Crippen LogP contribution in [-0.2, 0) is 19.4 Å². The second-order valence-electron chi connectivity index (χ2n) is 6.51. The molecule has 0 unspecified atom stereocenters. The molecule has 1 saturated carbocycles. The zero-order valence-electron chi connectivity index (χ0n) is 12.3. The van der Waals surface area contributed by atoms with Crippen molar-refractivity contribution in [3.8, 4) is 0 Å². The number of hydrogen-bond donors (Lipinski definition) is 0. The molecule has 120 valence electrons. The van der Waals surface area contributed by atoms with Crippen LogP contribution < -0.4 is 0 Å². The molecule has 2 saturated heterocycles. The zero-order chi connectivity index (χ0) is 15.3. The van der Waals surface area contributed by atoms with Crippen LogP contribution >= 0.6 is 0 Å². The summed E-state index contributed by atoms with van der Waals surface area (Å²) in [6, 6.07) is 0. The maximum Gasteiger partial charge on any atom is 0.260 e. The lowest BCUT2D eigenvalue weighted by molar-refractivity contribution is -0.157. The van der Waals surface area contributed by atoms with Gasteiger partial charge in [0, 0.05) is 25.6 Å². The number of halogens is 1. The summed E-state index contributed by atoms with van der Waals surface area (Å²) in [6.45, 7) is 3.09. The molecule has 0 N–H and O–H groups in total. The summed E-state index contributed by atoms with van der Waals surface area (Å²) in [4.78, 5) is 13.5. The largest absolute Gasteiger partial charge is 0.381 e. The Hall–Kier alpha value is -0.690. The Morgan fingerprint density at radius 2 is 2.05 bits per heavy atom. The van der Waals surface area contributed by atoms with Gasteiger partial charge in [-0.1, -0.05) is 0 Å². The Bertz CT molecular complexity index is 537. The van der Waals surface area contributed by atoms with Gasteiger partial charge < -0.3 is 9.64 Å². The fourth-order valence-corrected chi connectivity index (χ4v) is 6.10. The molecular formula is C14H22FNO4S. The van der Waals surface area contributed by atoms with Crippen molar-refractivity contribution in [2.75, 3.05) is 32.1 Å². The molecular weight excluding hydrogens is 297 g/mol. The van der Waals surface area contributed by atoms with E-state index in [4.69, 9.17) is 4.74 Å². The maximum absolute atomic E-state index is 14.2. The van der Waals surface area contributed by atoms with E-state index in [9.17, 15) is 17.6 Å². The molecule has 0 bridgehead atoms. The van der Waals surface area contributed by atoms with Crippen LogP contribution in [0.3, 0.4) is 0 Å². The number of carbonyl (C=O) groups is 1. The highest BCUT2D eigenvalue weighted by Gasteiger charge is 2.64. The van der Waals surface area contributed by atoms with Gasteiger partial charge in [0.15, 0.2) is 15.5 Å². The minimum Gasteiger partial charge on any atom is -0.381 e. The third-order valence-electron chi connectivity index (χ3n) is 5.36. The molecule has 2 aliphatic heterocycles. The van der Waals surface area contributed by atoms with Gasteiger partial charge in [0.2, 0.25) is 0 Å². The fourth-order valence-electron chi connectivity index (χ4n) is 3.70. The molecule has 0 aromatic heterocycles. The van der Waals surface area contributed by atoms with E-state index in [1.165, 1.54) is 4.90 Å². The lowest BCUT2D eigenvalue weighted by Gasteiger charge is -2.52. The van der Waals surface area contributed by atoms with Gasteiger partial charge in [0.1, 0.15) is 4.75 Å². The van der Waals surface area contributed by atoms with Gasteiger partial charge in [-0.25, -0.2) is 12.8 Å². The molecule has 7 heteroatoms. The van der Waals surface area contributed by atoms with Crippen molar-refractivity contribution in [1.82, 2.24) is 4.90 Å². The van der Waals surface area contributed by atoms with Gasteiger partial charge in [-0.3, -0.25) is 4.79 Å². The van der Waals surface area contributed by atoms with E-state index >= 15 is 0 Å². The number of amides is 1. The number of nitrogens with zero attached hydrogens (tertiary/aromatic N) is 1. The number of hydrogen-bond acceptors (Lipinski definition) is 4. The molecule has 0 aromatic rings. The molecule has 5 nitrogen and oxygen atoms in total. The van der Waals surface area contributed by atoms with Crippen molar-refractivity contribution in [3.05, 3.63) is 0 Å². The van der Waals surface area contributed by atoms with Crippen molar-refractivity contribution in [3.63, 3.8) is 0 Å². The molecule has 2 heterocycles. The highest BCUT2D eigenvalue weighted by atomic mass is 32.2. The van der Waals surface area contributed by atoms with Gasteiger partial charge >= 0.3 is 0 Å². The minimum atomic E-state index is -3.23. The summed E-state index contributed by atoms with van der Waals surface area (Å²) < 4.78 is 43.4. The first-order chi connectivity index (χ1) is 9.85. The van der Waals surface area contributed by atoms with E-state index in [0.29, 0.717) is 19.6 Å². The van der Waals surface area contributed by atoms with Crippen LogP contribution in [0.4, 0.5) is 4.39 Å². The molecule has 1 amide bonds. The first kappa shape index (κ1) is 15.2. The normalized spacial score (nSPS) is 31.7. The maximum atomic E-state index is 14.2. The van der Waals surface area contributed by atoms with Crippen LogP contribution in [0.5, 0.6) is 0 Å². The van der Waals surface area contributed by atoms with Crippen LogP contribution in [0.15, 0.2) is 0 Å². The van der Waals surface area contributed by atoms with Crippen LogP contribution in [0.1, 0.15) is 32.6 Å². The smallest absolute Gasteiger partial charge is 0.260 e. The number of carbonyl (C=O) groups excluding carboxylic acids is 1. The summed E-state index contributed by atoms with van der Waals surface area (Å²) in [5.41, 5.74) is -1.74. The number of sulfone groups is 1. The standard InChI is InChI=1S/C14H22FNO4S/c1-2-20-8-11-4-7-21(18,19)14(11)9-16(10-14)12(17)13(15)5-3-6-13/h11H,2-10H2,1H3/t11-/m1/s1. The highest BCUT2D eigenvalue weighted by Crippen LogP contribution is 2.47. The summed E-state index contributed by atoms with van der Waals surface area (Å²) in [5.74, 6) is -0.451. The van der Waals surface area contributed by atoms with E-state index in [2.05, 4.69) is 0 Å². The zero-order valence-corrected chi connectivity index (χ0v) is 13.1. The highest BCUT2D eigenvalue weighted by molar-refractivity contribution is 7.93. The first-order valence-electron chi connectivity index (χ1n) is 7.63. The summed E-state index contributed by atoms with van der Waals surface area (Å²) >= 11 is 0. The van der Waals surface area contributed by atoms with Crippen LogP contribution in [0.25, 0.3) is 0 Å². The molecule has 0 radical (unpaired) electrons. The fraction of sp³-hybridized carbons (Fsp3) is 0.929. The predicted octanol–water partition coefficient (Wildman–Crippen LogP) is 0.931. The Morgan fingerprint density at radius 1 is 1.38 bits per heavy atom. The van der Waals surface area contributed by atoms with Crippen molar-refractivity contribution in [1.29, 1.82) is 0 Å². The van der Waals surface area contributed by atoms with Crippen molar-refractivity contribution >= 4 is 15.7 Å². The first-order valence-corrected chi connectivity index (χ1v) is 9.28. The molecule has 3 fully saturated rings. The lowest BCUT2D eigenvalue weighted by Crippen LogP contribution is -2.71. The predicted molar refractivity (Wildman–Crippen MR) is 75.4 cm³/mol. The van der Waals surface area contributed by atoms with E-state index < -0.39 is 26.2 Å². The SMILES string of the molecule is CCOC[C@H]1CCS(=O)(=O)C12CN(C(=O)C1(F)CCC1)C2. The third-order valence-corrected chi connectivity index (χ3v) is 7.96. The van der Waals surface area contributed by atoms with Crippen LogP contribution in [-0.4, -0.2) is 61.7 Å². The monoisotopic (exact) mass is 319 g/mol. The van der Waals surface area contributed by atoms with Gasteiger partial charge in [-0.2, -0.15) is 0 Å². The lowest BCUT2D eigenvalue weighted by atomic mass is 9.77. The average molecular weight is 319 g/mol. The number of rotatable bonds is 4. The van der Waals surface area contributed by atoms with E-state index in [0.717, 1.165) is 6.42 Å². The van der Waals surface area contributed by atoms with Crippen LogP contribution in [0, 0.1) is 5.92 Å². The Morgan fingerprint density at radius 3 is 2.57 bits per heavy atom. The molecule has 1 atom stereocenters. The number of alkyl halides is 1. The van der Waals surface area contributed by atoms with Gasteiger partial charge in [-0.15, -0.1) is 0 Å². The van der Waals surface area contributed by atoms with E-state index in [-0.39, 0.29) is 37.6 Å². The van der Waals surface area contributed by atoms with E-state index in [1.807, 2.05) is 6.92 Å². The molecule has 0 aromatic carbocycles.